The molecule has 0 N–H and O–H groups in total. The molecule has 10 rings (SSSR count). The highest BCUT2D eigenvalue weighted by molar-refractivity contribution is 8.00. The van der Waals surface area contributed by atoms with Crippen molar-refractivity contribution >= 4 is 11.8 Å². The van der Waals surface area contributed by atoms with Gasteiger partial charge < -0.3 is 0 Å². The molecule has 0 spiro atoms. The normalized spacial score (nSPS) is 54.0. The van der Waals surface area contributed by atoms with Gasteiger partial charge in [-0.3, -0.25) is 9.80 Å². The third kappa shape index (κ3) is 5.12. The summed E-state index contributed by atoms with van der Waals surface area (Å²) in [7, 11) is 0. The Hall–Kier alpha value is 0.270. The van der Waals surface area contributed by atoms with E-state index in [1.165, 1.54) is 51.4 Å². The van der Waals surface area contributed by atoms with Gasteiger partial charge in [0.2, 0.25) is 0 Å². The van der Waals surface area contributed by atoms with Crippen LogP contribution >= 0.6 is 11.8 Å². The van der Waals surface area contributed by atoms with Crippen LogP contribution in [0.2, 0.25) is 0 Å². The summed E-state index contributed by atoms with van der Waals surface area (Å²) in [6.07, 6.45) is 40.6. The number of nitrogens with zero attached hydrogens (tertiary/aromatic N) is 2. The van der Waals surface area contributed by atoms with Gasteiger partial charge in [-0.25, -0.2) is 0 Å². The molecule has 3 heterocycles. The fourth-order valence-corrected chi connectivity index (χ4v) is 18.1. The molecular formula is C42H68N2S. The second kappa shape index (κ2) is 12.5. The van der Waals surface area contributed by atoms with Crippen molar-refractivity contribution in [2.24, 2.45) is 47.3 Å². The molecule has 0 aromatic carbocycles. The molecule has 0 radical (unpaired) electrons. The minimum absolute atomic E-state index is 0.951. The number of fused-ring (bicyclic) bond motifs is 9. The van der Waals surface area contributed by atoms with Crippen LogP contribution in [0, 0.1) is 47.3 Å². The lowest BCUT2D eigenvalue weighted by Gasteiger charge is -2.47. The quantitative estimate of drug-likeness (QED) is 0.306. The summed E-state index contributed by atoms with van der Waals surface area (Å²) in [5.74, 6) is 8.59. The number of likely N-dealkylation sites (tertiary alicyclic amines) is 2. The highest BCUT2D eigenvalue weighted by Crippen LogP contribution is 2.60. The van der Waals surface area contributed by atoms with E-state index in [0.29, 0.717) is 0 Å². The van der Waals surface area contributed by atoms with Crippen molar-refractivity contribution in [2.45, 2.75) is 214 Å². The lowest BCUT2D eigenvalue weighted by Crippen LogP contribution is -2.51. The molecule has 0 aromatic heterocycles. The Balaban J connectivity index is 0.846. The van der Waals surface area contributed by atoms with Gasteiger partial charge in [-0.1, -0.05) is 57.8 Å². The number of rotatable bonds is 3. The van der Waals surface area contributed by atoms with E-state index in [4.69, 9.17) is 0 Å². The van der Waals surface area contributed by atoms with Crippen LogP contribution in [-0.4, -0.2) is 56.6 Å². The van der Waals surface area contributed by atoms with Crippen LogP contribution in [-0.2, 0) is 0 Å². The minimum Gasteiger partial charge on any atom is -0.294 e. The Morgan fingerprint density at radius 3 is 1.49 bits per heavy atom. The van der Waals surface area contributed by atoms with Gasteiger partial charge in [-0.15, -0.1) is 0 Å². The predicted molar refractivity (Wildman–Crippen MR) is 190 cm³/mol. The molecule has 3 saturated heterocycles. The van der Waals surface area contributed by atoms with Gasteiger partial charge in [0.1, 0.15) is 0 Å². The highest BCUT2D eigenvalue weighted by Gasteiger charge is 2.58. The van der Waals surface area contributed by atoms with Crippen LogP contribution in [0.4, 0.5) is 0 Å². The Bertz CT molecular complexity index is 1040. The first kappa shape index (κ1) is 30.1. The summed E-state index contributed by atoms with van der Waals surface area (Å²) in [6.45, 7) is 0. The summed E-state index contributed by atoms with van der Waals surface area (Å²) in [5.41, 5.74) is 0. The maximum Gasteiger partial charge on any atom is 0.0133 e. The maximum atomic E-state index is 3.35. The zero-order valence-electron chi connectivity index (χ0n) is 28.9. The van der Waals surface area contributed by atoms with E-state index in [1.54, 1.807) is 116 Å². The average Bonchev–Trinajstić information content (AvgIpc) is 3.75. The van der Waals surface area contributed by atoms with Crippen molar-refractivity contribution in [1.82, 2.24) is 9.80 Å². The number of hydrogen-bond acceptors (Lipinski definition) is 3. The van der Waals surface area contributed by atoms with Crippen molar-refractivity contribution in [3.63, 3.8) is 0 Å². The smallest absolute Gasteiger partial charge is 0.0133 e. The van der Waals surface area contributed by atoms with Gasteiger partial charge >= 0.3 is 0 Å². The summed E-state index contributed by atoms with van der Waals surface area (Å²) >= 11 is 2.48. The third-order valence-electron chi connectivity index (χ3n) is 17.5. The van der Waals surface area contributed by atoms with Crippen molar-refractivity contribution < 1.29 is 0 Å². The van der Waals surface area contributed by atoms with Gasteiger partial charge in [0, 0.05) is 46.8 Å². The Labute approximate surface area is 281 Å². The van der Waals surface area contributed by atoms with Gasteiger partial charge in [0.25, 0.3) is 0 Å². The molecule has 0 bridgehead atoms. The summed E-state index contributed by atoms with van der Waals surface area (Å²) in [5, 5.41) is 2.08. The van der Waals surface area contributed by atoms with Gasteiger partial charge in [-0.2, -0.15) is 11.8 Å². The monoisotopic (exact) mass is 633 g/mol. The average molecular weight is 633 g/mol. The minimum atomic E-state index is 0.951. The molecule has 2 nitrogen and oxygen atoms in total. The van der Waals surface area contributed by atoms with Gasteiger partial charge in [0.05, 0.1) is 0 Å². The van der Waals surface area contributed by atoms with E-state index >= 15 is 0 Å². The summed E-state index contributed by atoms with van der Waals surface area (Å²) < 4.78 is 0. The van der Waals surface area contributed by atoms with Crippen LogP contribution in [0.25, 0.3) is 0 Å². The second-order valence-electron chi connectivity index (χ2n) is 19.1. The van der Waals surface area contributed by atoms with E-state index in [0.717, 1.165) is 94.1 Å². The number of hydrogen-bond donors (Lipinski definition) is 0. The Morgan fingerprint density at radius 1 is 0.311 bits per heavy atom. The van der Waals surface area contributed by atoms with Crippen LogP contribution in [0.5, 0.6) is 0 Å². The van der Waals surface area contributed by atoms with Crippen LogP contribution in [0.1, 0.15) is 167 Å². The van der Waals surface area contributed by atoms with E-state index in [1.807, 2.05) is 0 Å². The molecule has 0 aromatic rings. The molecule has 7 aliphatic carbocycles. The molecule has 0 amide bonds. The van der Waals surface area contributed by atoms with Crippen molar-refractivity contribution in [3.8, 4) is 0 Å². The van der Waals surface area contributed by atoms with E-state index in [2.05, 4.69) is 21.6 Å². The van der Waals surface area contributed by atoms with Crippen LogP contribution in [0.15, 0.2) is 0 Å². The van der Waals surface area contributed by atoms with Crippen LogP contribution < -0.4 is 0 Å². The SMILES string of the molecule is C1CCC(N2C3CCCCC3C3CC(C4CCC5C(C4)C4CCCCC4N5C4CCC5SC6CCCCC6C5C4)CCC32)CC1. The standard InChI is InChI=1S/C42H68N2S/c1-2-10-29(11-3-1)43-37-15-7-4-12-31(37)34-24-27(18-21-39(34)43)28-19-22-40-35(25-28)32-13-5-8-16-38(32)44(40)30-20-23-42-36(26-30)33-14-6-9-17-41(33)45-42/h27-42H,1-26H2. The maximum absolute atomic E-state index is 3.35. The van der Waals surface area contributed by atoms with E-state index in [9.17, 15) is 0 Å². The summed E-state index contributed by atoms with van der Waals surface area (Å²) in [4.78, 5) is 6.61. The fourth-order valence-electron chi connectivity index (χ4n) is 16.0. The van der Waals surface area contributed by atoms with Crippen molar-refractivity contribution in [1.29, 1.82) is 0 Å². The molecule has 15 atom stereocenters. The van der Waals surface area contributed by atoms with Crippen LogP contribution in [0.3, 0.4) is 0 Å². The van der Waals surface area contributed by atoms with E-state index < -0.39 is 0 Å². The number of thioether (sulfide) groups is 1. The topological polar surface area (TPSA) is 6.48 Å². The van der Waals surface area contributed by atoms with Gasteiger partial charge in [0.15, 0.2) is 0 Å². The Morgan fingerprint density at radius 2 is 0.822 bits per heavy atom. The zero-order valence-corrected chi connectivity index (χ0v) is 29.7. The first-order valence-electron chi connectivity index (χ1n) is 21.5. The molecule has 3 heteroatoms. The molecule has 10 aliphatic rings. The lowest BCUT2D eigenvalue weighted by molar-refractivity contribution is 0.0233. The zero-order chi connectivity index (χ0) is 29.5. The van der Waals surface area contributed by atoms with Gasteiger partial charge in [-0.05, 0) is 156 Å². The third-order valence-corrected chi connectivity index (χ3v) is 19.4. The summed E-state index contributed by atoms with van der Waals surface area (Å²) in [6, 6.07) is 5.82. The molecule has 252 valence electrons. The predicted octanol–water partition coefficient (Wildman–Crippen LogP) is 10.5. The highest BCUT2D eigenvalue weighted by atomic mass is 32.2. The molecule has 10 fully saturated rings. The van der Waals surface area contributed by atoms with Crippen molar-refractivity contribution in [3.05, 3.63) is 0 Å². The molecule has 7 saturated carbocycles. The lowest BCUT2D eigenvalue weighted by atomic mass is 9.62. The van der Waals surface area contributed by atoms with Crippen molar-refractivity contribution in [2.75, 3.05) is 0 Å². The molecule has 3 aliphatic heterocycles. The molecular weight excluding hydrogens is 565 g/mol. The Kier molecular flexibility index (Phi) is 8.40. The fraction of sp³-hybridized carbons (Fsp3) is 1.00. The first-order valence-corrected chi connectivity index (χ1v) is 22.5. The van der Waals surface area contributed by atoms with E-state index in [-0.39, 0.29) is 0 Å². The molecule has 45 heavy (non-hydrogen) atoms. The molecule has 15 unspecified atom stereocenters. The largest absolute Gasteiger partial charge is 0.294 e. The second-order valence-corrected chi connectivity index (χ2v) is 20.6. The first-order chi connectivity index (χ1) is 22.3.